The normalized spacial score (nSPS) is 4.80. The molecule has 0 saturated carbocycles. The Bertz CT molecular complexity index is 71.0. The third-order valence-electron chi connectivity index (χ3n) is 0.0988. The summed E-state index contributed by atoms with van der Waals surface area (Å²) in [6.45, 7) is 0. The molecule has 26 valence electrons. The first-order valence-corrected chi connectivity index (χ1v) is 1.37. The van der Waals surface area contributed by atoms with Crippen LogP contribution in [0.25, 0.3) is 10.4 Å². The van der Waals surface area contributed by atoms with Crippen LogP contribution in [0.15, 0.2) is 5.11 Å². The Morgan fingerprint density at radius 3 is 2.60 bits per heavy atom. The third kappa shape index (κ3) is 3.40. The minimum Gasteiger partial charge on any atom is -0.0867 e. The zero-order chi connectivity index (χ0) is 4.12. The van der Waals surface area contributed by atoms with E-state index in [4.69, 9.17) is 5.53 Å². The van der Waals surface area contributed by atoms with Crippen molar-refractivity contribution in [1.82, 2.24) is 0 Å². The standard InChI is InChI=1S/CHN3S/c2-4-3-1-5/h1H. The third-order valence-corrected chi connectivity index (χ3v) is 0.193. The second-order valence-corrected chi connectivity index (χ2v) is 0.521. The monoisotopic (exact) mass is 87.0 g/mol. The molecule has 0 amide bonds. The summed E-state index contributed by atoms with van der Waals surface area (Å²) in [5.41, 5.74) is 8.40. The van der Waals surface area contributed by atoms with Gasteiger partial charge in [-0.1, -0.05) is 17.3 Å². The fourth-order valence-electron chi connectivity index (χ4n) is 0.0211. The van der Waals surface area contributed by atoms with Crippen LogP contribution >= 0.6 is 12.2 Å². The summed E-state index contributed by atoms with van der Waals surface area (Å²) in [6, 6.07) is 0. The predicted molar refractivity (Wildman–Crippen MR) is 22.8 cm³/mol. The number of azide groups is 1. The quantitative estimate of drug-likeness (QED) is 0.205. The fourth-order valence-corrected chi connectivity index (χ4v) is 0.0632. The lowest BCUT2D eigenvalue weighted by Crippen LogP contribution is -1.37. The molecule has 0 spiro atoms. The van der Waals surface area contributed by atoms with E-state index in [-0.39, 0.29) is 0 Å². The zero-order valence-corrected chi connectivity index (χ0v) is 3.14. The molecule has 0 aliphatic heterocycles. The van der Waals surface area contributed by atoms with E-state index in [2.05, 4.69) is 22.2 Å². The van der Waals surface area contributed by atoms with E-state index >= 15 is 0 Å². The Kier molecular flexibility index (Phi) is 2.99. The van der Waals surface area contributed by atoms with Gasteiger partial charge < -0.3 is 0 Å². The van der Waals surface area contributed by atoms with E-state index in [1.807, 2.05) is 0 Å². The second kappa shape index (κ2) is 3.40. The topological polar surface area (TPSA) is 48.8 Å². The van der Waals surface area contributed by atoms with E-state index in [1.54, 1.807) is 0 Å². The second-order valence-electron chi connectivity index (χ2n) is 0.310. The lowest BCUT2D eigenvalue weighted by Gasteiger charge is -1.42. The van der Waals surface area contributed by atoms with Crippen LogP contribution in [0.1, 0.15) is 0 Å². The van der Waals surface area contributed by atoms with Gasteiger partial charge >= 0.3 is 0 Å². The van der Waals surface area contributed by atoms with Crippen molar-refractivity contribution >= 4 is 17.7 Å². The van der Waals surface area contributed by atoms with Crippen LogP contribution in [0, 0.1) is 0 Å². The van der Waals surface area contributed by atoms with Gasteiger partial charge in [0, 0.05) is 4.91 Å². The molecule has 0 rings (SSSR count). The van der Waals surface area contributed by atoms with Crippen molar-refractivity contribution in [2.45, 2.75) is 0 Å². The van der Waals surface area contributed by atoms with Gasteiger partial charge in [0.1, 0.15) is 0 Å². The summed E-state index contributed by atoms with van der Waals surface area (Å²) >= 11 is 4.11. The Balaban J connectivity index is 3.31. The summed E-state index contributed by atoms with van der Waals surface area (Å²) in [6.07, 6.45) is 0. The molecule has 0 unspecified atom stereocenters. The molecule has 0 radical (unpaired) electrons. The highest BCUT2D eigenvalue weighted by atomic mass is 32.1. The lowest BCUT2D eigenvalue weighted by atomic mass is 11.5. The van der Waals surface area contributed by atoms with Crippen LogP contribution in [-0.2, 0) is 0 Å². The van der Waals surface area contributed by atoms with E-state index < -0.39 is 0 Å². The number of thiocarbonyl (C=S) groups is 1. The van der Waals surface area contributed by atoms with Crippen molar-refractivity contribution in [2.75, 3.05) is 0 Å². The average Bonchev–Trinajstić information content (AvgIpc) is 1.41. The molecule has 0 aromatic rings. The van der Waals surface area contributed by atoms with Crippen molar-refractivity contribution in [3.63, 3.8) is 0 Å². The van der Waals surface area contributed by atoms with Gasteiger partial charge in [0.15, 0.2) is 0 Å². The van der Waals surface area contributed by atoms with Crippen molar-refractivity contribution in [1.29, 1.82) is 0 Å². The smallest absolute Gasteiger partial charge is 0.0645 e. The summed E-state index contributed by atoms with van der Waals surface area (Å²) < 4.78 is 0. The van der Waals surface area contributed by atoms with Gasteiger partial charge in [-0.3, -0.25) is 0 Å². The van der Waals surface area contributed by atoms with Crippen LogP contribution in [0.3, 0.4) is 0 Å². The molecule has 0 aliphatic rings. The van der Waals surface area contributed by atoms with Crippen LogP contribution in [-0.4, -0.2) is 5.49 Å². The molecule has 0 aromatic heterocycles. The lowest BCUT2D eigenvalue weighted by molar-refractivity contribution is 1.73. The Labute approximate surface area is 34.2 Å². The van der Waals surface area contributed by atoms with Crippen LogP contribution < -0.4 is 0 Å². The summed E-state index contributed by atoms with van der Waals surface area (Å²) in [5, 5.41) is 2.84. The predicted octanol–water partition coefficient (Wildman–Crippen LogP) is 1.25. The van der Waals surface area contributed by atoms with Crippen molar-refractivity contribution in [3.05, 3.63) is 10.4 Å². The van der Waals surface area contributed by atoms with Crippen molar-refractivity contribution in [2.24, 2.45) is 5.11 Å². The summed E-state index contributed by atoms with van der Waals surface area (Å²) in [5.74, 6) is 0. The molecule has 0 heterocycles. The van der Waals surface area contributed by atoms with Gasteiger partial charge in [0.2, 0.25) is 0 Å². The molecule has 0 N–H and O–H groups in total. The summed E-state index contributed by atoms with van der Waals surface area (Å²) in [7, 11) is 0. The van der Waals surface area contributed by atoms with E-state index in [0.29, 0.717) is 0 Å². The maximum atomic E-state index is 7.43. The zero-order valence-electron chi connectivity index (χ0n) is 2.33. The van der Waals surface area contributed by atoms with Gasteiger partial charge in [-0.15, -0.1) is 0 Å². The highest BCUT2D eigenvalue weighted by Crippen LogP contribution is 1.55. The van der Waals surface area contributed by atoms with Gasteiger partial charge in [-0.25, -0.2) is 0 Å². The maximum Gasteiger partial charge on any atom is 0.0645 e. The molecule has 3 nitrogen and oxygen atoms in total. The minimum atomic E-state index is 0.972. The van der Waals surface area contributed by atoms with Gasteiger partial charge in [-0.05, 0) is 5.53 Å². The largest absolute Gasteiger partial charge is 0.0867 e. The number of rotatable bonds is 1. The van der Waals surface area contributed by atoms with E-state index in [9.17, 15) is 0 Å². The Morgan fingerprint density at radius 2 is 2.60 bits per heavy atom. The highest BCUT2D eigenvalue weighted by molar-refractivity contribution is 7.78. The molecular formula is CHN3S. The molecular weight excluding hydrogens is 86.1 g/mol. The van der Waals surface area contributed by atoms with Crippen LogP contribution in [0.4, 0.5) is 0 Å². The van der Waals surface area contributed by atoms with Crippen molar-refractivity contribution < 1.29 is 0 Å². The Hall–Kier alpha value is -0.600. The molecule has 0 fully saturated rings. The van der Waals surface area contributed by atoms with E-state index in [0.717, 1.165) is 5.49 Å². The van der Waals surface area contributed by atoms with E-state index in [1.165, 1.54) is 0 Å². The fraction of sp³-hybridized carbons (Fsp3) is 0. The molecule has 0 atom stereocenters. The number of nitrogens with zero attached hydrogens (tertiary/aromatic N) is 3. The number of hydrogen-bond donors (Lipinski definition) is 0. The first-order valence-electron chi connectivity index (χ1n) is 0.894. The highest BCUT2D eigenvalue weighted by Gasteiger charge is 1.41. The molecule has 5 heavy (non-hydrogen) atoms. The average molecular weight is 87.1 g/mol. The molecule has 0 aliphatic carbocycles. The molecule has 0 bridgehead atoms. The van der Waals surface area contributed by atoms with Crippen LogP contribution in [0.5, 0.6) is 0 Å². The Morgan fingerprint density at radius 1 is 2.00 bits per heavy atom. The summed E-state index contributed by atoms with van der Waals surface area (Å²) in [4.78, 5) is 2.32. The van der Waals surface area contributed by atoms with Gasteiger partial charge in [0.25, 0.3) is 0 Å². The molecule has 0 aromatic carbocycles. The van der Waals surface area contributed by atoms with Crippen LogP contribution in [0.2, 0.25) is 0 Å². The molecule has 0 saturated heterocycles. The SMILES string of the molecule is [N-]=[N+]=NC=S. The van der Waals surface area contributed by atoms with Gasteiger partial charge in [0.05, 0.1) is 5.49 Å². The van der Waals surface area contributed by atoms with Gasteiger partial charge in [-0.2, -0.15) is 0 Å². The number of hydrogen-bond acceptors (Lipinski definition) is 1. The maximum absolute atomic E-state index is 7.43. The minimum absolute atomic E-state index is 0.972. The van der Waals surface area contributed by atoms with Crippen molar-refractivity contribution in [3.8, 4) is 0 Å². The molecule has 4 heteroatoms. The first kappa shape index (κ1) is 4.40. The first-order chi connectivity index (χ1) is 2.41.